The molecule has 0 aromatic heterocycles. The fourth-order valence-corrected chi connectivity index (χ4v) is 1.14. The van der Waals surface area contributed by atoms with Gasteiger partial charge in [-0.05, 0) is 12.1 Å². The summed E-state index contributed by atoms with van der Waals surface area (Å²) in [4.78, 5) is 32.0. The van der Waals surface area contributed by atoms with Crippen molar-refractivity contribution in [2.24, 2.45) is 0 Å². The maximum absolute atomic E-state index is 10.7. The first-order chi connectivity index (χ1) is 6.95. The summed E-state index contributed by atoms with van der Waals surface area (Å²) in [7, 11) is 0. The van der Waals surface area contributed by atoms with Crippen LogP contribution in [0, 0.1) is 0 Å². The smallest absolute Gasteiger partial charge is 0.337 e. The molecule has 16 heavy (non-hydrogen) atoms. The summed E-state index contributed by atoms with van der Waals surface area (Å²) in [6.07, 6.45) is 0. The Morgan fingerprint density at radius 2 is 1.19 bits per heavy atom. The van der Waals surface area contributed by atoms with E-state index >= 15 is 0 Å². The van der Waals surface area contributed by atoms with Gasteiger partial charge >= 0.3 is 17.9 Å². The second-order valence-electron chi connectivity index (χ2n) is 2.64. The van der Waals surface area contributed by atoms with Crippen LogP contribution in [-0.2, 0) is 21.1 Å². The third kappa shape index (κ3) is 2.67. The molecule has 0 radical (unpaired) electrons. The Kier molecular flexibility index (Phi) is 4.85. The number of aromatic carboxylic acids is 3. The van der Waals surface area contributed by atoms with Gasteiger partial charge in [0.25, 0.3) is 0 Å². The average molecular weight is 306 g/mol. The second kappa shape index (κ2) is 5.42. The molecule has 1 aromatic carbocycles. The first-order valence-corrected chi connectivity index (χ1v) is 3.78. The van der Waals surface area contributed by atoms with Crippen LogP contribution in [0.1, 0.15) is 31.1 Å². The number of benzene rings is 1. The van der Waals surface area contributed by atoms with Crippen LogP contribution >= 0.6 is 0 Å². The molecule has 0 saturated heterocycles. The third-order valence-electron chi connectivity index (χ3n) is 1.74. The Labute approximate surface area is 104 Å². The number of carboxylic acid groups (broad SMARTS) is 3. The van der Waals surface area contributed by atoms with E-state index in [0.29, 0.717) is 0 Å². The zero-order chi connectivity index (χ0) is 11.6. The third-order valence-corrected chi connectivity index (χ3v) is 1.74. The van der Waals surface area contributed by atoms with Crippen molar-refractivity contribution in [2.45, 2.75) is 0 Å². The molecule has 0 amide bonds. The number of carbonyl (C=O) groups is 3. The number of hydrogen-bond acceptors (Lipinski definition) is 3. The quantitative estimate of drug-likeness (QED) is 0.711. The first-order valence-electron chi connectivity index (χ1n) is 3.78. The van der Waals surface area contributed by atoms with E-state index in [9.17, 15) is 14.4 Å². The van der Waals surface area contributed by atoms with Crippen LogP contribution in [0.2, 0.25) is 0 Å². The summed E-state index contributed by atoms with van der Waals surface area (Å²) in [5.41, 5.74) is -1.79. The molecule has 0 aliphatic rings. The molecule has 0 aliphatic carbocycles. The monoisotopic (exact) mass is 308 g/mol. The Morgan fingerprint density at radius 1 is 0.812 bits per heavy atom. The topological polar surface area (TPSA) is 112 Å². The molecule has 84 valence electrons. The van der Waals surface area contributed by atoms with Crippen LogP contribution in [0.25, 0.3) is 0 Å². The van der Waals surface area contributed by atoms with E-state index in [4.69, 9.17) is 15.3 Å². The van der Waals surface area contributed by atoms with Crippen molar-refractivity contribution in [3.05, 3.63) is 34.9 Å². The molecule has 0 heterocycles. The molecule has 1 rings (SSSR count). The van der Waals surface area contributed by atoms with Gasteiger partial charge in [0.2, 0.25) is 0 Å². The summed E-state index contributed by atoms with van der Waals surface area (Å²) in [5.74, 6) is -4.53. The van der Waals surface area contributed by atoms with Crippen LogP contribution in [0.3, 0.4) is 0 Å². The molecule has 0 atom stereocenters. The minimum atomic E-state index is -1.58. The van der Waals surface area contributed by atoms with E-state index in [1.807, 2.05) is 0 Å². The van der Waals surface area contributed by atoms with Gasteiger partial charge in [-0.1, -0.05) is 6.07 Å². The molecular weight excluding hydrogens is 300 g/mol. The molecule has 0 bridgehead atoms. The van der Waals surface area contributed by atoms with Gasteiger partial charge < -0.3 is 15.3 Å². The Balaban J connectivity index is 0.00000225. The van der Waals surface area contributed by atoms with Crippen LogP contribution in [0.5, 0.6) is 0 Å². The molecule has 1 aromatic rings. The van der Waals surface area contributed by atoms with E-state index in [-0.39, 0.29) is 21.1 Å². The minimum Gasteiger partial charge on any atom is -0.478 e. The van der Waals surface area contributed by atoms with Crippen LogP contribution in [0.15, 0.2) is 18.2 Å². The van der Waals surface area contributed by atoms with Crippen LogP contribution in [-0.4, -0.2) is 33.2 Å². The van der Waals surface area contributed by atoms with E-state index < -0.39 is 34.6 Å². The van der Waals surface area contributed by atoms with E-state index in [0.717, 1.165) is 12.1 Å². The SMILES string of the molecule is O=C(O)c1cccc(C(=O)O)c1C(=O)O.[Mo]. The zero-order valence-corrected chi connectivity index (χ0v) is 9.71. The summed E-state index contributed by atoms with van der Waals surface area (Å²) in [5, 5.41) is 26.0. The number of hydrogen-bond donors (Lipinski definition) is 3. The van der Waals surface area contributed by atoms with E-state index in [2.05, 4.69) is 0 Å². The predicted molar refractivity (Wildman–Crippen MR) is 47.3 cm³/mol. The Hall–Kier alpha value is -1.68. The summed E-state index contributed by atoms with van der Waals surface area (Å²) >= 11 is 0. The molecule has 0 aliphatic heterocycles. The molecule has 6 nitrogen and oxygen atoms in total. The van der Waals surface area contributed by atoms with Crippen LogP contribution < -0.4 is 0 Å². The van der Waals surface area contributed by atoms with Crippen molar-refractivity contribution in [3.63, 3.8) is 0 Å². The largest absolute Gasteiger partial charge is 0.478 e. The summed E-state index contributed by atoms with van der Waals surface area (Å²) < 4.78 is 0. The fourth-order valence-electron chi connectivity index (χ4n) is 1.14. The molecule has 0 saturated carbocycles. The van der Waals surface area contributed by atoms with Gasteiger partial charge in [-0.25, -0.2) is 14.4 Å². The molecule has 3 N–H and O–H groups in total. The van der Waals surface area contributed by atoms with Crippen molar-refractivity contribution in [1.29, 1.82) is 0 Å². The van der Waals surface area contributed by atoms with Crippen molar-refractivity contribution < 1.29 is 50.8 Å². The number of rotatable bonds is 3. The average Bonchev–Trinajstić information content (AvgIpc) is 2.16. The zero-order valence-electron chi connectivity index (χ0n) is 7.71. The maximum Gasteiger partial charge on any atom is 0.337 e. The summed E-state index contributed by atoms with van der Waals surface area (Å²) in [6.45, 7) is 0. The predicted octanol–water partition coefficient (Wildman–Crippen LogP) is 0.779. The Bertz CT molecular complexity index is 421. The van der Waals surface area contributed by atoms with Gasteiger partial charge in [-0.3, -0.25) is 0 Å². The van der Waals surface area contributed by atoms with Gasteiger partial charge in [0.15, 0.2) is 0 Å². The summed E-state index contributed by atoms with van der Waals surface area (Å²) in [6, 6.07) is 3.26. The van der Waals surface area contributed by atoms with E-state index in [1.165, 1.54) is 6.07 Å². The molecule has 0 unspecified atom stereocenters. The Morgan fingerprint density at radius 3 is 1.44 bits per heavy atom. The normalized spacial score (nSPS) is 9.00. The van der Waals surface area contributed by atoms with Crippen molar-refractivity contribution in [3.8, 4) is 0 Å². The van der Waals surface area contributed by atoms with Crippen molar-refractivity contribution in [2.75, 3.05) is 0 Å². The second-order valence-corrected chi connectivity index (χ2v) is 2.64. The van der Waals surface area contributed by atoms with E-state index in [1.54, 1.807) is 0 Å². The molecule has 7 heteroatoms. The van der Waals surface area contributed by atoms with Gasteiger partial charge in [-0.15, -0.1) is 0 Å². The molecular formula is C9H6MoO6. The number of carboxylic acids is 3. The molecule has 0 fully saturated rings. The minimum absolute atomic E-state index is 0. The van der Waals surface area contributed by atoms with Gasteiger partial charge in [0.05, 0.1) is 16.7 Å². The van der Waals surface area contributed by atoms with Crippen molar-refractivity contribution in [1.82, 2.24) is 0 Å². The fraction of sp³-hybridized carbons (Fsp3) is 0. The van der Waals surface area contributed by atoms with Crippen LogP contribution in [0.4, 0.5) is 0 Å². The standard InChI is InChI=1S/C9H6O6.Mo/c10-7(11)4-2-1-3-5(8(12)13)6(4)9(14)15;/h1-3H,(H,10,11)(H,12,13)(H,14,15);. The van der Waals surface area contributed by atoms with Gasteiger partial charge in [-0.2, -0.15) is 0 Å². The van der Waals surface area contributed by atoms with Crippen molar-refractivity contribution >= 4 is 17.9 Å². The van der Waals surface area contributed by atoms with Gasteiger partial charge in [0, 0.05) is 21.1 Å². The molecule has 0 spiro atoms. The first kappa shape index (κ1) is 14.3. The van der Waals surface area contributed by atoms with Gasteiger partial charge in [0.1, 0.15) is 0 Å². The maximum atomic E-state index is 10.7.